The highest BCUT2D eigenvalue weighted by molar-refractivity contribution is 5.97. The van der Waals surface area contributed by atoms with Crippen molar-refractivity contribution in [2.24, 2.45) is 4.99 Å². The summed E-state index contributed by atoms with van der Waals surface area (Å²) in [6.07, 6.45) is 0. The number of nitrogens with one attached hydrogen (secondary N) is 3. The second-order valence-electron chi connectivity index (χ2n) is 8.16. The molecule has 2 aromatic rings. The number of carbonyl (C=O) groups excluding carboxylic acids is 2. The van der Waals surface area contributed by atoms with Crippen molar-refractivity contribution < 1.29 is 9.59 Å². The summed E-state index contributed by atoms with van der Waals surface area (Å²) in [5.74, 6) is 0.901. The maximum atomic E-state index is 12.6. The molecule has 7 nitrogen and oxygen atoms in total. The fourth-order valence-electron chi connectivity index (χ4n) is 3.60. The van der Waals surface area contributed by atoms with Gasteiger partial charge in [-0.15, -0.1) is 0 Å². The molecule has 1 atom stereocenters. The van der Waals surface area contributed by atoms with Gasteiger partial charge >= 0.3 is 0 Å². The highest BCUT2D eigenvalue weighted by atomic mass is 16.2. The molecule has 1 aliphatic heterocycles. The van der Waals surface area contributed by atoms with Gasteiger partial charge in [0.05, 0.1) is 13.1 Å². The van der Waals surface area contributed by atoms with Gasteiger partial charge in [0, 0.05) is 31.7 Å². The quantitative estimate of drug-likeness (QED) is 0.461. The zero-order chi connectivity index (χ0) is 22.9. The molecule has 1 saturated heterocycles. The molecule has 0 aromatic heterocycles. The average Bonchev–Trinajstić information content (AvgIpc) is 2.80. The van der Waals surface area contributed by atoms with Crippen LogP contribution in [0.25, 0.3) is 0 Å². The predicted molar refractivity (Wildman–Crippen MR) is 128 cm³/mol. The lowest BCUT2D eigenvalue weighted by molar-refractivity contribution is -0.123. The Morgan fingerprint density at radius 1 is 1.19 bits per heavy atom. The molecule has 1 fully saturated rings. The first kappa shape index (κ1) is 23.3. The molecule has 7 heteroatoms. The van der Waals surface area contributed by atoms with E-state index in [0.717, 1.165) is 24.6 Å². The monoisotopic (exact) mass is 435 g/mol. The number of carbonyl (C=O) groups is 2. The Bertz CT molecular complexity index is 955. The molecule has 170 valence electrons. The van der Waals surface area contributed by atoms with Crippen LogP contribution < -0.4 is 16.0 Å². The number of nitrogens with zero attached hydrogens (tertiary/aromatic N) is 2. The van der Waals surface area contributed by atoms with Gasteiger partial charge < -0.3 is 20.9 Å². The topological polar surface area (TPSA) is 85.8 Å². The van der Waals surface area contributed by atoms with Crippen molar-refractivity contribution >= 4 is 17.8 Å². The summed E-state index contributed by atoms with van der Waals surface area (Å²) in [4.78, 5) is 30.4. The number of aryl methyl sites for hydroxylation is 1. The molecule has 1 unspecified atom stereocenters. The number of benzene rings is 2. The van der Waals surface area contributed by atoms with Crippen LogP contribution >= 0.6 is 0 Å². The number of hydrogen-bond donors (Lipinski definition) is 3. The molecule has 1 heterocycles. The third kappa shape index (κ3) is 6.57. The lowest BCUT2D eigenvalue weighted by Crippen LogP contribution is -2.49. The summed E-state index contributed by atoms with van der Waals surface area (Å²) in [6.45, 7) is 9.58. The van der Waals surface area contributed by atoms with Crippen LogP contribution in [0.5, 0.6) is 0 Å². The first-order valence-corrected chi connectivity index (χ1v) is 11.2. The van der Waals surface area contributed by atoms with Crippen LogP contribution in [0.2, 0.25) is 0 Å². The van der Waals surface area contributed by atoms with Crippen molar-refractivity contribution in [1.82, 2.24) is 20.9 Å². The molecule has 3 N–H and O–H groups in total. The van der Waals surface area contributed by atoms with Crippen molar-refractivity contribution in [1.29, 1.82) is 0 Å². The van der Waals surface area contributed by atoms with Crippen molar-refractivity contribution in [3.63, 3.8) is 0 Å². The van der Waals surface area contributed by atoms with Gasteiger partial charge in [0.25, 0.3) is 5.91 Å². The third-order valence-electron chi connectivity index (χ3n) is 5.48. The molecule has 0 radical (unpaired) electrons. The summed E-state index contributed by atoms with van der Waals surface area (Å²) >= 11 is 0. The molecule has 0 saturated carbocycles. The fourth-order valence-corrected chi connectivity index (χ4v) is 3.60. The third-order valence-corrected chi connectivity index (χ3v) is 5.48. The smallest absolute Gasteiger partial charge is 0.254 e. The molecular formula is C25H33N5O2. The Hall–Kier alpha value is -3.35. The average molecular weight is 436 g/mol. The standard InChI is InChI=1S/C25H33N5O2/c1-4-26-25(28-15-19(3)22-7-5-6-18(2)14-22)29-16-20-8-10-21(11-9-20)24(32)30-13-12-27-23(31)17-30/h5-11,14,19H,4,12-13,15-17H2,1-3H3,(H,27,31)(H2,26,28,29). The summed E-state index contributed by atoms with van der Waals surface area (Å²) < 4.78 is 0. The number of amides is 2. The number of aliphatic imine (C=N–C) groups is 1. The molecular weight excluding hydrogens is 402 g/mol. The number of piperazine rings is 1. The lowest BCUT2D eigenvalue weighted by atomic mass is 9.99. The first-order valence-electron chi connectivity index (χ1n) is 11.2. The highest BCUT2D eigenvalue weighted by Crippen LogP contribution is 2.15. The van der Waals surface area contributed by atoms with Crippen LogP contribution in [-0.4, -0.2) is 55.4 Å². The van der Waals surface area contributed by atoms with Gasteiger partial charge in [-0.25, -0.2) is 4.99 Å². The van der Waals surface area contributed by atoms with Crippen LogP contribution in [0.1, 0.15) is 46.8 Å². The Labute approximate surface area is 190 Å². The molecule has 0 aliphatic carbocycles. The van der Waals surface area contributed by atoms with E-state index in [2.05, 4.69) is 59.1 Å². The van der Waals surface area contributed by atoms with Crippen LogP contribution in [0.15, 0.2) is 53.5 Å². The minimum atomic E-state index is -0.116. The lowest BCUT2D eigenvalue weighted by Gasteiger charge is -2.26. The Morgan fingerprint density at radius 2 is 1.97 bits per heavy atom. The highest BCUT2D eigenvalue weighted by Gasteiger charge is 2.22. The van der Waals surface area contributed by atoms with E-state index < -0.39 is 0 Å². The van der Waals surface area contributed by atoms with Crippen molar-refractivity contribution in [3.05, 3.63) is 70.8 Å². The van der Waals surface area contributed by atoms with Crippen LogP contribution in [-0.2, 0) is 11.3 Å². The maximum absolute atomic E-state index is 12.6. The van der Waals surface area contributed by atoms with Gasteiger partial charge in [-0.05, 0) is 43.0 Å². The second kappa shape index (κ2) is 11.3. The minimum Gasteiger partial charge on any atom is -0.357 e. The van der Waals surface area contributed by atoms with Gasteiger partial charge in [0.15, 0.2) is 5.96 Å². The fraction of sp³-hybridized carbons (Fsp3) is 0.400. The number of hydrogen-bond acceptors (Lipinski definition) is 3. The van der Waals surface area contributed by atoms with Crippen molar-refractivity contribution in [2.45, 2.75) is 33.2 Å². The van der Waals surface area contributed by atoms with Gasteiger partial charge in [-0.2, -0.15) is 0 Å². The number of guanidine groups is 1. The molecule has 2 aromatic carbocycles. The minimum absolute atomic E-state index is 0.115. The van der Waals surface area contributed by atoms with Gasteiger partial charge in [-0.1, -0.05) is 48.9 Å². The summed E-state index contributed by atoms with van der Waals surface area (Å²) in [5, 5.41) is 9.45. The summed E-state index contributed by atoms with van der Waals surface area (Å²) in [5.41, 5.74) is 4.17. The normalized spacial score (nSPS) is 15.2. The van der Waals surface area contributed by atoms with E-state index in [1.165, 1.54) is 11.1 Å². The second-order valence-corrected chi connectivity index (χ2v) is 8.16. The van der Waals surface area contributed by atoms with E-state index in [4.69, 9.17) is 0 Å². The molecule has 0 bridgehead atoms. The Kier molecular flexibility index (Phi) is 8.25. The molecule has 0 spiro atoms. The van der Waals surface area contributed by atoms with Crippen molar-refractivity contribution in [2.75, 3.05) is 32.7 Å². The van der Waals surface area contributed by atoms with Crippen LogP contribution in [0.4, 0.5) is 0 Å². The molecule has 1 aliphatic rings. The van der Waals surface area contributed by atoms with E-state index in [0.29, 0.717) is 31.1 Å². The van der Waals surface area contributed by atoms with E-state index >= 15 is 0 Å². The first-order chi connectivity index (χ1) is 15.5. The molecule has 2 amide bonds. The van der Waals surface area contributed by atoms with E-state index in [1.54, 1.807) is 17.0 Å². The molecule has 3 rings (SSSR count). The van der Waals surface area contributed by atoms with E-state index in [1.807, 2.05) is 19.1 Å². The largest absolute Gasteiger partial charge is 0.357 e. The maximum Gasteiger partial charge on any atom is 0.254 e. The van der Waals surface area contributed by atoms with E-state index in [-0.39, 0.29) is 18.4 Å². The van der Waals surface area contributed by atoms with Gasteiger partial charge in [0.2, 0.25) is 5.91 Å². The summed E-state index contributed by atoms with van der Waals surface area (Å²) in [6, 6.07) is 16.0. The Balaban J connectivity index is 1.57. The number of rotatable bonds is 7. The zero-order valence-corrected chi connectivity index (χ0v) is 19.1. The zero-order valence-electron chi connectivity index (χ0n) is 19.1. The van der Waals surface area contributed by atoms with E-state index in [9.17, 15) is 9.59 Å². The van der Waals surface area contributed by atoms with Crippen molar-refractivity contribution in [3.8, 4) is 0 Å². The molecule has 32 heavy (non-hydrogen) atoms. The Morgan fingerprint density at radius 3 is 2.66 bits per heavy atom. The SMILES string of the molecule is CCNC(=NCc1ccc(C(=O)N2CCNC(=O)C2)cc1)NCC(C)c1cccc(C)c1. The summed E-state index contributed by atoms with van der Waals surface area (Å²) in [7, 11) is 0. The predicted octanol–water partition coefficient (Wildman–Crippen LogP) is 2.43. The van der Waals surface area contributed by atoms with Gasteiger partial charge in [0.1, 0.15) is 0 Å². The van der Waals surface area contributed by atoms with Crippen LogP contribution in [0.3, 0.4) is 0 Å². The van der Waals surface area contributed by atoms with Gasteiger partial charge in [-0.3, -0.25) is 9.59 Å². The van der Waals surface area contributed by atoms with Crippen LogP contribution in [0, 0.1) is 6.92 Å².